The number of benzene rings is 3. The van der Waals surface area contributed by atoms with Crippen LogP contribution in [0.25, 0.3) is 22.0 Å². The highest BCUT2D eigenvalue weighted by molar-refractivity contribution is 6.37. The Morgan fingerprint density at radius 3 is 2.29 bits per heavy atom. The first-order valence-corrected chi connectivity index (χ1v) is 11.6. The predicted octanol–water partition coefficient (Wildman–Crippen LogP) is 6.85. The molecule has 0 aliphatic rings. The van der Waals surface area contributed by atoms with Gasteiger partial charge < -0.3 is 15.3 Å². The first kappa shape index (κ1) is 24.0. The van der Waals surface area contributed by atoms with Gasteiger partial charge in [-0.3, -0.25) is 9.78 Å². The summed E-state index contributed by atoms with van der Waals surface area (Å²) in [6, 6.07) is 17.4. The van der Waals surface area contributed by atoms with Gasteiger partial charge in [0.2, 0.25) is 0 Å². The summed E-state index contributed by atoms with van der Waals surface area (Å²) in [6.45, 7) is 2.43. The number of phenols is 1. The second kappa shape index (κ2) is 10.0. The van der Waals surface area contributed by atoms with E-state index in [2.05, 4.69) is 27.3 Å². The van der Waals surface area contributed by atoms with Gasteiger partial charge in [-0.25, -0.2) is 0 Å². The number of phenolic OH excluding ortho intramolecular Hbond substituents is 1. The van der Waals surface area contributed by atoms with Gasteiger partial charge in [0.25, 0.3) is 0 Å². The highest BCUT2D eigenvalue weighted by atomic mass is 35.5. The van der Waals surface area contributed by atoms with Crippen LogP contribution in [0.3, 0.4) is 0 Å². The highest BCUT2D eigenvalue weighted by Gasteiger charge is 2.14. The Labute approximate surface area is 209 Å². The maximum Gasteiger partial charge on any atom is 0.152 e. The summed E-state index contributed by atoms with van der Waals surface area (Å²) in [5.41, 5.74) is 6.20. The maximum atomic E-state index is 12.0. The lowest BCUT2D eigenvalue weighted by molar-refractivity contribution is -0.116. The molecule has 0 saturated heterocycles. The molecule has 0 aliphatic carbocycles. The molecule has 0 fully saturated rings. The standard InChI is InChI=1S/C27H25Cl2N3O2/c1-16(33)10-20-14-30-25-9-6-18(19-12-23(28)27(34)24(29)13-19)11-22(25)26(20)31-21-7-4-17(5-8-21)15-32(2)3/h4-9,11-14,34H,10,15H2,1-3H3,(H,30,31). The number of pyridine rings is 1. The van der Waals surface area contributed by atoms with Crippen molar-refractivity contribution >= 4 is 51.3 Å². The largest absolute Gasteiger partial charge is 0.505 e. The number of rotatable bonds is 7. The number of Topliss-reactive ketones (excluding diaryl/α,β-unsaturated/α-hetero) is 1. The molecule has 0 bridgehead atoms. The minimum Gasteiger partial charge on any atom is -0.505 e. The van der Waals surface area contributed by atoms with Gasteiger partial charge in [0.1, 0.15) is 5.78 Å². The van der Waals surface area contributed by atoms with Crippen molar-refractivity contribution in [1.82, 2.24) is 9.88 Å². The van der Waals surface area contributed by atoms with E-state index in [0.29, 0.717) is 0 Å². The minimum absolute atomic E-state index is 0.0544. The van der Waals surface area contributed by atoms with E-state index in [9.17, 15) is 9.90 Å². The lowest BCUT2D eigenvalue weighted by atomic mass is 9.99. The van der Waals surface area contributed by atoms with Crippen LogP contribution in [0.4, 0.5) is 11.4 Å². The van der Waals surface area contributed by atoms with E-state index in [4.69, 9.17) is 23.2 Å². The summed E-state index contributed by atoms with van der Waals surface area (Å²) in [6.07, 6.45) is 2.02. The maximum absolute atomic E-state index is 12.0. The second-order valence-electron chi connectivity index (χ2n) is 8.62. The zero-order valence-corrected chi connectivity index (χ0v) is 20.7. The number of nitrogens with one attached hydrogen (secondary N) is 1. The van der Waals surface area contributed by atoms with Crippen LogP contribution < -0.4 is 5.32 Å². The summed E-state index contributed by atoms with van der Waals surface area (Å²) >= 11 is 12.3. The molecule has 0 unspecified atom stereocenters. The molecule has 0 radical (unpaired) electrons. The molecule has 0 saturated carbocycles. The van der Waals surface area contributed by atoms with Gasteiger partial charge in [0.15, 0.2) is 5.75 Å². The van der Waals surface area contributed by atoms with Crippen molar-refractivity contribution in [3.05, 3.63) is 82.0 Å². The molecule has 34 heavy (non-hydrogen) atoms. The fourth-order valence-corrected chi connectivity index (χ4v) is 4.39. The summed E-state index contributed by atoms with van der Waals surface area (Å²) in [4.78, 5) is 18.7. The lowest BCUT2D eigenvalue weighted by Gasteiger charge is -2.16. The Kier molecular flexibility index (Phi) is 7.08. The summed E-state index contributed by atoms with van der Waals surface area (Å²) in [7, 11) is 4.07. The van der Waals surface area contributed by atoms with Gasteiger partial charge in [-0.15, -0.1) is 0 Å². The number of hydrogen-bond donors (Lipinski definition) is 2. The van der Waals surface area contributed by atoms with Gasteiger partial charge in [-0.1, -0.05) is 41.4 Å². The van der Waals surface area contributed by atoms with Gasteiger partial charge in [-0.05, 0) is 74.1 Å². The van der Waals surface area contributed by atoms with Crippen molar-refractivity contribution in [3.63, 3.8) is 0 Å². The molecule has 1 heterocycles. The number of aromatic nitrogens is 1. The van der Waals surface area contributed by atoms with Crippen molar-refractivity contribution in [1.29, 1.82) is 0 Å². The van der Waals surface area contributed by atoms with E-state index in [1.54, 1.807) is 25.3 Å². The molecule has 3 aromatic carbocycles. The van der Waals surface area contributed by atoms with Crippen molar-refractivity contribution < 1.29 is 9.90 Å². The molecular weight excluding hydrogens is 469 g/mol. The number of anilines is 2. The molecule has 0 aliphatic heterocycles. The number of carbonyl (C=O) groups is 1. The zero-order chi connectivity index (χ0) is 24.4. The number of nitrogens with zero attached hydrogens (tertiary/aromatic N) is 2. The number of hydrogen-bond acceptors (Lipinski definition) is 5. The molecule has 7 heteroatoms. The third-order valence-corrected chi connectivity index (χ3v) is 6.03. The average molecular weight is 494 g/mol. The van der Waals surface area contributed by atoms with E-state index in [0.717, 1.165) is 45.5 Å². The van der Waals surface area contributed by atoms with Gasteiger partial charge >= 0.3 is 0 Å². The molecule has 0 amide bonds. The van der Waals surface area contributed by atoms with Crippen LogP contribution in [0.15, 0.2) is 60.8 Å². The van der Waals surface area contributed by atoms with Crippen LogP contribution in [0.5, 0.6) is 5.75 Å². The molecule has 1 aromatic heterocycles. The summed E-state index contributed by atoms with van der Waals surface area (Å²) in [5.74, 6) is -0.0860. The Hall–Kier alpha value is -3.12. The van der Waals surface area contributed by atoms with Crippen molar-refractivity contribution in [2.75, 3.05) is 19.4 Å². The third-order valence-electron chi connectivity index (χ3n) is 5.46. The van der Waals surface area contributed by atoms with Crippen LogP contribution in [-0.2, 0) is 17.8 Å². The lowest BCUT2D eigenvalue weighted by Crippen LogP contribution is -2.10. The van der Waals surface area contributed by atoms with E-state index < -0.39 is 0 Å². The number of fused-ring (bicyclic) bond motifs is 1. The minimum atomic E-state index is -0.140. The molecule has 0 spiro atoms. The first-order chi connectivity index (χ1) is 16.2. The predicted molar refractivity (Wildman–Crippen MR) is 140 cm³/mol. The fourth-order valence-electron chi connectivity index (χ4n) is 3.90. The highest BCUT2D eigenvalue weighted by Crippen LogP contribution is 2.38. The molecular formula is C27H25Cl2N3O2. The second-order valence-corrected chi connectivity index (χ2v) is 9.43. The Balaban J connectivity index is 1.82. The molecule has 174 valence electrons. The third kappa shape index (κ3) is 5.33. The molecule has 4 rings (SSSR count). The number of aromatic hydroxyl groups is 1. The number of carbonyl (C=O) groups excluding carboxylic acids is 1. The smallest absolute Gasteiger partial charge is 0.152 e. The summed E-state index contributed by atoms with van der Waals surface area (Å²) in [5, 5.41) is 14.7. The van der Waals surface area contributed by atoms with E-state index in [1.807, 2.05) is 44.4 Å². The van der Waals surface area contributed by atoms with Gasteiger partial charge in [-0.2, -0.15) is 0 Å². The van der Waals surface area contributed by atoms with E-state index in [1.165, 1.54) is 5.56 Å². The topological polar surface area (TPSA) is 65.5 Å². The van der Waals surface area contributed by atoms with Gasteiger partial charge in [0, 0.05) is 35.8 Å². The zero-order valence-electron chi connectivity index (χ0n) is 19.2. The van der Waals surface area contributed by atoms with Crippen LogP contribution in [-0.4, -0.2) is 34.9 Å². The Bertz CT molecular complexity index is 1350. The van der Waals surface area contributed by atoms with Crippen molar-refractivity contribution in [3.8, 4) is 16.9 Å². The monoisotopic (exact) mass is 493 g/mol. The van der Waals surface area contributed by atoms with Crippen LogP contribution in [0.2, 0.25) is 10.0 Å². The van der Waals surface area contributed by atoms with Gasteiger partial charge in [0.05, 0.1) is 21.2 Å². The molecule has 5 nitrogen and oxygen atoms in total. The Morgan fingerprint density at radius 2 is 1.68 bits per heavy atom. The molecule has 2 N–H and O–H groups in total. The normalized spacial score (nSPS) is 11.2. The van der Waals surface area contributed by atoms with Crippen molar-refractivity contribution in [2.45, 2.75) is 19.9 Å². The summed E-state index contributed by atoms with van der Waals surface area (Å²) < 4.78 is 0. The van der Waals surface area contributed by atoms with Crippen molar-refractivity contribution in [2.24, 2.45) is 0 Å². The molecule has 0 atom stereocenters. The Morgan fingerprint density at radius 1 is 1.00 bits per heavy atom. The number of halogens is 2. The fraction of sp³-hybridized carbons (Fsp3) is 0.185. The average Bonchev–Trinajstić information content (AvgIpc) is 2.79. The number of ketones is 1. The van der Waals surface area contributed by atoms with E-state index >= 15 is 0 Å². The van der Waals surface area contributed by atoms with Crippen LogP contribution >= 0.6 is 23.2 Å². The van der Waals surface area contributed by atoms with Crippen LogP contribution in [0, 0.1) is 0 Å². The molecule has 4 aromatic rings. The van der Waals surface area contributed by atoms with E-state index in [-0.39, 0.29) is 28.0 Å². The first-order valence-electron chi connectivity index (χ1n) is 10.8. The SMILES string of the molecule is CC(=O)Cc1cnc2ccc(-c3cc(Cl)c(O)c(Cl)c3)cc2c1Nc1ccc(CN(C)C)cc1. The quantitative estimate of drug-likeness (QED) is 0.294. The van der Waals surface area contributed by atoms with Crippen LogP contribution in [0.1, 0.15) is 18.1 Å².